The number of hydrogen-bond donors (Lipinski definition) is 0. The lowest BCUT2D eigenvalue weighted by Gasteiger charge is -2.06. The molecule has 4 heteroatoms. The van der Waals surface area contributed by atoms with Crippen molar-refractivity contribution in [1.82, 2.24) is 0 Å². The Balaban J connectivity index is 2.39. The van der Waals surface area contributed by atoms with Crippen LogP contribution in [0.25, 0.3) is 6.08 Å². The largest absolute Gasteiger partial charge is 0.296 e. The van der Waals surface area contributed by atoms with Crippen LogP contribution in [0.15, 0.2) is 35.7 Å². The second-order valence-corrected chi connectivity index (χ2v) is 6.44. The van der Waals surface area contributed by atoms with Crippen LogP contribution in [0.3, 0.4) is 0 Å². The Morgan fingerprint density at radius 2 is 1.85 bits per heavy atom. The summed E-state index contributed by atoms with van der Waals surface area (Å²) in [5, 5.41) is 0. The van der Waals surface area contributed by atoms with Crippen molar-refractivity contribution < 1.29 is 12.6 Å². The van der Waals surface area contributed by atoms with Crippen molar-refractivity contribution in [3.63, 3.8) is 0 Å². The van der Waals surface area contributed by atoms with Gasteiger partial charge in [0.25, 0.3) is 10.1 Å². The Bertz CT molecular complexity index is 506. The van der Waals surface area contributed by atoms with Gasteiger partial charge in [-0.25, -0.2) is 0 Å². The first-order chi connectivity index (χ1) is 9.60. The molecule has 0 aliphatic carbocycles. The van der Waals surface area contributed by atoms with E-state index >= 15 is 0 Å². The van der Waals surface area contributed by atoms with E-state index in [-0.39, 0.29) is 11.5 Å². The zero-order chi connectivity index (χ0) is 14.8. The zero-order valence-electron chi connectivity index (χ0n) is 12.2. The smallest absolute Gasteiger partial charge is 0.266 e. The summed E-state index contributed by atoms with van der Waals surface area (Å²) in [4.78, 5) is 0.195. The fraction of sp³-hybridized carbons (Fsp3) is 0.500. The maximum absolute atomic E-state index is 12.0. The molecule has 0 aliphatic rings. The van der Waals surface area contributed by atoms with Crippen LogP contribution < -0.4 is 0 Å². The molecule has 0 amide bonds. The summed E-state index contributed by atoms with van der Waals surface area (Å²) in [7, 11) is -3.64. The maximum Gasteiger partial charge on any atom is 0.296 e. The summed E-state index contributed by atoms with van der Waals surface area (Å²) < 4.78 is 29.0. The average molecular weight is 296 g/mol. The van der Waals surface area contributed by atoms with E-state index in [4.69, 9.17) is 4.18 Å². The van der Waals surface area contributed by atoms with Crippen molar-refractivity contribution in [3.05, 3.63) is 36.4 Å². The van der Waals surface area contributed by atoms with E-state index in [1.54, 1.807) is 30.3 Å². The Labute approximate surface area is 122 Å². The van der Waals surface area contributed by atoms with E-state index in [0.717, 1.165) is 24.8 Å². The molecule has 0 radical (unpaired) electrons. The molecular weight excluding hydrogens is 272 g/mol. The standard InChI is InChI=1S/C16H24O3S/c1-3-5-6-7-8-9-13-19-20(17,18)16-12-10-11-15(4-2)14-16/h4,10-12,14H,2-3,5-9,13H2,1H3. The topological polar surface area (TPSA) is 43.4 Å². The highest BCUT2D eigenvalue weighted by Gasteiger charge is 2.14. The van der Waals surface area contributed by atoms with Gasteiger partial charge in [0.2, 0.25) is 0 Å². The number of rotatable bonds is 10. The maximum atomic E-state index is 12.0. The van der Waals surface area contributed by atoms with Gasteiger partial charge in [0, 0.05) is 0 Å². The van der Waals surface area contributed by atoms with Crippen molar-refractivity contribution >= 4 is 16.2 Å². The summed E-state index contributed by atoms with van der Waals surface area (Å²) in [6, 6.07) is 6.62. The first-order valence-corrected chi connectivity index (χ1v) is 8.63. The van der Waals surface area contributed by atoms with Crippen LogP contribution in [-0.2, 0) is 14.3 Å². The highest BCUT2D eigenvalue weighted by molar-refractivity contribution is 7.86. The van der Waals surface area contributed by atoms with Crippen LogP contribution in [0.4, 0.5) is 0 Å². The molecular formula is C16H24O3S. The molecule has 0 fully saturated rings. The second kappa shape index (κ2) is 8.93. The minimum atomic E-state index is -3.64. The normalized spacial score (nSPS) is 11.4. The minimum Gasteiger partial charge on any atom is -0.266 e. The van der Waals surface area contributed by atoms with Gasteiger partial charge in [0.15, 0.2) is 0 Å². The fourth-order valence-electron chi connectivity index (χ4n) is 1.92. The van der Waals surface area contributed by atoms with E-state index in [2.05, 4.69) is 13.5 Å². The lowest BCUT2D eigenvalue weighted by Crippen LogP contribution is -2.07. The molecule has 0 heterocycles. The molecule has 0 atom stereocenters. The molecule has 1 aromatic carbocycles. The predicted octanol–water partition coefficient (Wildman–Crippen LogP) is 4.40. The van der Waals surface area contributed by atoms with Crippen molar-refractivity contribution in [2.24, 2.45) is 0 Å². The molecule has 0 aliphatic heterocycles. The molecule has 3 nitrogen and oxygen atoms in total. The molecule has 0 saturated carbocycles. The van der Waals surface area contributed by atoms with Crippen molar-refractivity contribution in [3.8, 4) is 0 Å². The number of unbranched alkanes of at least 4 members (excludes halogenated alkanes) is 5. The zero-order valence-corrected chi connectivity index (χ0v) is 13.0. The Morgan fingerprint density at radius 3 is 2.55 bits per heavy atom. The van der Waals surface area contributed by atoms with Crippen LogP contribution in [0, 0.1) is 0 Å². The summed E-state index contributed by atoms with van der Waals surface area (Å²) >= 11 is 0. The van der Waals surface area contributed by atoms with E-state index < -0.39 is 10.1 Å². The summed E-state index contributed by atoms with van der Waals surface area (Å²) in [5.74, 6) is 0. The van der Waals surface area contributed by atoms with E-state index in [1.165, 1.54) is 19.3 Å². The van der Waals surface area contributed by atoms with Crippen LogP contribution in [-0.4, -0.2) is 15.0 Å². The molecule has 0 unspecified atom stereocenters. The lowest BCUT2D eigenvalue weighted by atomic mass is 10.1. The number of benzene rings is 1. The van der Waals surface area contributed by atoms with Gasteiger partial charge >= 0.3 is 0 Å². The molecule has 1 aromatic rings. The third kappa shape index (κ3) is 5.88. The third-order valence-electron chi connectivity index (χ3n) is 3.12. The third-order valence-corrected chi connectivity index (χ3v) is 4.43. The average Bonchev–Trinajstić information content (AvgIpc) is 2.46. The van der Waals surface area contributed by atoms with Gasteiger partial charge in [-0.15, -0.1) is 0 Å². The van der Waals surface area contributed by atoms with Gasteiger partial charge < -0.3 is 0 Å². The van der Waals surface area contributed by atoms with E-state index in [9.17, 15) is 8.42 Å². The molecule has 1 rings (SSSR count). The highest BCUT2D eigenvalue weighted by atomic mass is 32.2. The van der Waals surface area contributed by atoms with Crippen LogP contribution in [0.2, 0.25) is 0 Å². The van der Waals surface area contributed by atoms with Crippen molar-refractivity contribution in [2.75, 3.05) is 6.61 Å². The van der Waals surface area contributed by atoms with E-state index in [0.29, 0.717) is 0 Å². The summed E-state index contributed by atoms with van der Waals surface area (Å²) in [6.45, 7) is 6.06. The van der Waals surface area contributed by atoms with Crippen molar-refractivity contribution in [2.45, 2.75) is 50.3 Å². The summed E-state index contributed by atoms with van der Waals surface area (Å²) in [5.41, 5.74) is 0.772. The van der Waals surface area contributed by atoms with Gasteiger partial charge in [-0.3, -0.25) is 4.18 Å². The molecule has 0 N–H and O–H groups in total. The minimum absolute atomic E-state index is 0.195. The lowest BCUT2D eigenvalue weighted by molar-refractivity contribution is 0.306. The Hall–Kier alpha value is -1.13. The van der Waals surface area contributed by atoms with Crippen LogP contribution >= 0.6 is 0 Å². The van der Waals surface area contributed by atoms with Gasteiger partial charge in [0.1, 0.15) is 0 Å². The Morgan fingerprint density at radius 1 is 1.15 bits per heavy atom. The first kappa shape index (κ1) is 16.9. The van der Waals surface area contributed by atoms with E-state index in [1.807, 2.05) is 0 Å². The van der Waals surface area contributed by atoms with Gasteiger partial charge in [-0.05, 0) is 24.1 Å². The Kier molecular flexibility index (Phi) is 7.55. The fourth-order valence-corrected chi connectivity index (χ4v) is 2.92. The first-order valence-electron chi connectivity index (χ1n) is 7.22. The summed E-state index contributed by atoms with van der Waals surface area (Å²) in [6.07, 6.45) is 8.23. The number of hydrogen-bond acceptors (Lipinski definition) is 3. The van der Waals surface area contributed by atoms with Crippen LogP contribution in [0.1, 0.15) is 51.0 Å². The van der Waals surface area contributed by atoms with Crippen molar-refractivity contribution in [1.29, 1.82) is 0 Å². The molecule has 0 bridgehead atoms. The molecule has 112 valence electrons. The molecule has 0 spiro atoms. The molecule has 0 saturated heterocycles. The SMILES string of the molecule is C=Cc1cccc(S(=O)(=O)OCCCCCCCC)c1. The molecule has 20 heavy (non-hydrogen) atoms. The predicted molar refractivity (Wildman–Crippen MR) is 83.0 cm³/mol. The van der Waals surface area contributed by atoms with Gasteiger partial charge in [-0.2, -0.15) is 8.42 Å². The van der Waals surface area contributed by atoms with Crippen LogP contribution in [0.5, 0.6) is 0 Å². The monoisotopic (exact) mass is 296 g/mol. The highest BCUT2D eigenvalue weighted by Crippen LogP contribution is 2.16. The quantitative estimate of drug-likeness (QED) is 0.475. The van der Waals surface area contributed by atoms with Gasteiger partial charge in [0.05, 0.1) is 11.5 Å². The van der Waals surface area contributed by atoms with Gasteiger partial charge in [-0.1, -0.05) is 63.8 Å². The molecule has 0 aromatic heterocycles. The second-order valence-electron chi connectivity index (χ2n) is 4.82.